The predicted molar refractivity (Wildman–Crippen MR) is 89.1 cm³/mol. The standard InChI is InChI=1S/C18H25N3O3/c22-16(17-7-4-13-24-17)14-15-6-2-1-3-11-21(15)18(23)8-12-20-10-5-9-19-20/h4-5,7,9-10,13,15-16,22H,1-3,6,8,11-12,14H2/t15-,16+/m1/s1. The smallest absolute Gasteiger partial charge is 0.224 e. The molecule has 24 heavy (non-hydrogen) atoms. The summed E-state index contributed by atoms with van der Waals surface area (Å²) in [7, 11) is 0. The molecule has 0 radical (unpaired) electrons. The van der Waals surface area contributed by atoms with Gasteiger partial charge in [0.1, 0.15) is 11.9 Å². The molecule has 3 rings (SSSR count). The molecule has 0 spiro atoms. The van der Waals surface area contributed by atoms with Crippen molar-refractivity contribution in [2.75, 3.05) is 6.54 Å². The molecule has 6 nitrogen and oxygen atoms in total. The first-order valence-electron chi connectivity index (χ1n) is 8.72. The van der Waals surface area contributed by atoms with E-state index in [1.807, 2.05) is 17.2 Å². The van der Waals surface area contributed by atoms with E-state index in [1.165, 1.54) is 0 Å². The minimum atomic E-state index is -0.662. The van der Waals surface area contributed by atoms with Crippen molar-refractivity contribution in [3.8, 4) is 0 Å². The summed E-state index contributed by atoms with van der Waals surface area (Å²) in [5.41, 5.74) is 0. The molecule has 3 heterocycles. The van der Waals surface area contributed by atoms with Gasteiger partial charge in [0.25, 0.3) is 0 Å². The second kappa shape index (κ2) is 8.15. The van der Waals surface area contributed by atoms with Gasteiger partial charge in [0.05, 0.1) is 6.26 Å². The second-order valence-corrected chi connectivity index (χ2v) is 6.38. The fraction of sp³-hybridized carbons (Fsp3) is 0.556. The third-order valence-electron chi connectivity index (χ3n) is 4.68. The lowest BCUT2D eigenvalue weighted by Crippen LogP contribution is -2.41. The molecule has 6 heteroatoms. The molecule has 2 aromatic rings. The van der Waals surface area contributed by atoms with E-state index in [9.17, 15) is 9.90 Å². The number of amides is 1. The molecule has 0 aliphatic carbocycles. The highest BCUT2D eigenvalue weighted by molar-refractivity contribution is 5.76. The van der Waals surface area contributed by atoms with Crippen molar-refractivity contribution >= 4 is 5.91 Å². The van der Waals surface area contributed by atoms with Crippen LogP contribution in [-0.4, -0.2) is 38.3 Å². The number of hydrogen-bond donors (Lipinski definition) is 1. The van der Waals surface area contributed by atoms with Crippen molar-refractivity contribution in [3.63, 3.8) is 0 Å². The summed E-state index contributed by atoms with van der Waals surface area (Å²) in [6, 6.07) is 5.49. The number of likely N-dealkylation sites (tertiary alicyclic amines) is 1. The van der Waals surface area contributed by atoms with Gasteiger partial charge in [-0.3, -0.25) is 9.48 Å². The lowest BCUT2D eigenvalue weighted by molar-refractivity contribution is -0.134. The molecule has 2 atom stereocenters. The molecular weight excluding hydrogens is 306 g/mol. The Morgan fingerprint density at radius 3 is 3.04 bits per heavy atom. The first-order valence-corrected chi connectivity index (χ1v) is 8.72. The molecule has 0 bridgehead atoms. The monoisotopic (exact) mass is 331 g/mol. The Morgan fingerprint density at radius 2 is 2.29 bits per heavy atom. The number of aromatic nitrogens is 2. The molecule has 1 saturated heterocycles. The highest BCUT2D eigenvalue weighted by Gasteiger charge is 2.28. The summed E-state index contributed by atoms with van der Waals surface area (Å²) in [4.78, 5) is 14.7. The van der Waals surface area contributed by atoms with Crippen LogP contribution in [0.2, 0.25) is 0 Å². The number of carbonyl (C=O) groups excluding carboxylic acids is 1. The highest BCUT2D eigenvalue weighted by atomic mass is 16.4. The third kappa shape index (κ3) is 4.26. The van der Waals surface area contributed by atoms with Gasteiger partial charge < -0.3 is 14.4 Å². The number of carbonyl (C=O) groups is 1. The van der Waals surface area contributed by atoms with Crippen LogP contribution >= 0.6 is 0 Å². The van der Waals surface area contributed by atoms with Gasteiger partial charge in [-0.05, 0) is 31.0 Å². The molecule has 1 N–H and O–H groups in total. The van der Waals surface area contributed by atoms with Crippen molar-refractivity contribution in [3.05, 3.63) is 42.6 Å². The number of aliphatic hydroxyl groups is 1. The molecule has 0 aromatic carbocycles. The average Bonchev–Trinajstić information content (AvgIpc) is 3.24. The molecule has 1 fully saturated rings. The van der Waals surface area contributed by atoms with Crippen LogP contribution in [0.15, 0.2) is 41.3 Å². The zero-order chi connectivity index (χ0) is 16.8. The summed E-state index contributed by atoms with van der Waals surface area (Å²) >= 11 is 0. The number of hydrogen-bond acceptors (Lipinski definition) is 4. The molecule has 0 saturated carbocycles. The summed E-state index contributed by atoms with van der Waals surface area (Å²) < 4.78 is 7.08. The maximum absolute atomic E-state index is 12.7. The number of aliphatic hydroxyl groups excluding tert-OH is 1. The Kier molecular flexibility index (Phi) is 5.69. The lowest BCUT2D eigenvalue weighted by atomic mass is 10.0. The van der Waals surface area contributed by atoms with Gasteiger partial charge in [-0.15, -0.1) is 0 Å². The maximum Gasteiger partial charge on any atom is 0.224 e. The van der Waals surface area contributed by atoms with Crippen molar-refractivity contribution in [1.29, 1.82) is 0 Å². The highest BCUT2D eigenvalue weighted by Crippen LogP contribution is 2.27. The molecule has 1 aliphatic heterocycles. The number of aryl methyl sites for hydroxylation is 1. The summed E-state index contributed by atoms with van der Waals surface area (Å²) in [6.45, 7) is 1.36. The van der Waals surface area contributed by atoms with E-state index in [0.29, 0.717) is 25.1 Å². The van der Waals surface area contributed by atoms with Crippen molar-refractivity contribution < 1.29 is 14.3 Å². The quantitative estimate of drug-likeness (QED) is 0.883. The summed E-state index contributed by atoms with van der Waals surface area (Å²) in [6.07, 6.45) is 9.66. The van der Waals surface area contributed by atoms with Gasteiger partial charge in [-0.25, -0.2) is 0 Å². The van der Waals surface area contributed by atoms with Crippen LogP contribution in [0, 0.1) is 0 Å². The van der Waals surface area contributed by atoms with Crippen LogP contribution in [0.1, 0.15) is 50.4 Å². The van der Waals surface area contributed by atoms with E-state index < -0.39 is 6.10 Å². The Bertz CT molecular complexity index is 610. The summed E-state index contributed by atoms with van der Waals surface area (Å²) in [5.74, 6) is 0.715. The van der Waals surface area contributed by atoms with E-state index in [2.05, 4.69) is 5.10 Å². The Morgan fingerprint density at radius 1 is 1.38 bits per heavy atom. The third-order valence-corrected chi connectivity index (χ3v) is 4.68. The molecule has 0 unspecified atom stereocenters. The Hall–Kier alpha value is -2.08. The van der Waals surface area contributed by atoms with Gasteiger partial charge in [0.15, 0.2) is 0 Å². The number of rotatable bonds is 6. The molecule has 2 aromatic heterocycles. The topological polar surface area (TPSA) is 71.5 Å². The molecule has 1 amide bonds. The average molecular weight is 331 g/mol. The zero-order valence-electron chi connectivity index (χ0n) is 13.9. The van der Waals surface area contributed by atoms with Crippen molar-refractivity contribution in [2.45, 2.75) is 57.2 Å². The fourth-order valence-electron chi connectivity index (χ4n) is 3.39. The van der Waals surface area contributed by atoms with E-state index in [0.717, 1.165) is 32.2 Å². The van der Waals surface area contributed by atoms with Crippen LogP contribution in [0.25, 0.3) is 0 Å². The fourth-order valence-corrected chi connectivity index (χ4v) is 3.39. The Labute approximate surface area is 142 Å². The largest absolute Gasteiger partial charge is 0.467 e. The normalized spacial score (nSPS) is 19.9. The minimum Gasteiger partial charge on any atom is -0.467 e. The van der Waals surface area contributed by atoms with Crippen LogP contribution in [0.4, 0.5) is 0 Å². The second-order valence-electron chi connectivity index (χ2n) is 6.38. The van der Waals surface area contributed by atoms with Crippen molar-refractivity contribution in [1.82, 2.24) is 14.7 Å². The van der Waals surface area contributed by atoms with Gasteiger partial charge in [0, 0.05) is 44.4 Å². The van der Waals surface area contributed by atoms with Gasteiger partial charge in [-0.2, -0.15) is 5.10 Å². The maximum atomic E-state index is 12.7. The lowest BCUT2D eigenvalue weighted by Gasteiger charge is -2.31. The van der Waals surface area contributed by atoms with Crippen LogP contribution in [-0.2, 0) is 11.3 Å². The van der Waals surface area contributed by atoms with E-state index in [-0.39, 0.29) is 11.9 Å². The molecule has 1 aliphatic rings. The summed E-state index contributed by atoms with van der Waals surface area (Å²) in [5, 5.41) is 14.5. The van der Waals surface area contributed by atoms with Gasteiger partial charge >= 0.3 is 0 Å². The Balaban J connectivity index is 1.61. The van der Waals surface area contributed by atoms with Gasteiger partial charge in [0.2, 0.25) is 5.91 Å². The minimum absolute atomic E-state index is 0.0673. The predicted octanol–water partition coefficient (Wildman–Crippen LogP) is 2.76. The molecular formula is C18H25N3O3. The van der Waals surface area contributed by atoms with Crippen LogP contribution < -0.4 is 0 Å². The van der Waals surface area contributed by atoms with E-state index >= 15 is 0 Å². The van der Waals surface area contributed by atoms with Gasteiger partial charge in [-0.1, -0.05) is 12.8 Å². The van der Waals surface area contributed by atoms with E-state index in [4.69, 9.17) is 4.42 Å². The number of furan rings is 1. The van der Waals surface area contributed by atoms with Crippen molar-refractivity contribution in [2.24, 2.45) is 0 Å². The first-order chi connectivity index (χ1) is 11.7. The molecule has 130 valence electrons. The SMILES string of the molecule is O=C(CCn1cccn1)N1CCCCC[C@@H]1C[C@H](O)c1ccco1. The van der Waals surface area contributed by atoms with E-state index in [1.54, 1.807) is 29.3 Å². The van der Waals surface area contributed by atoms with Crippen LogP contribution in [0.5, 0.6) is 0 Å². The zero-order valence-corrected chi connectivity index (χ0v) is 13.9. The number of nitrogens with zero attached hydrogens (tertiary/aromatic N) is 3. The van der Waals surface area contributed by atoms with Crippen LogP contribution in [0.3, 0.4) is 0 Å². The first kappa shape index (κ1) is 16.8.